The van der Waals surface area contributed by atoms with Crippen LogP contribution in [0, 0.1) is 24.4 Å². The molecule has 3 heterocycles. The Morgan fingerprint density at radius 1 is 1.15 bits per heavy atom. The monoisotopic (exact) mass is 555 g/mol. The summed E-state index contributed by atoms with van der Waals surface area (Å²) in [6, 6.07) is 7.21. The zero-order valence-corrected chi connectivity index (χ0v) is 22.1. The first kappa shape index (κ1) is 26.6. The van der Waals surface area contributed by atoms with Crippen molar-refractivity contribution in [2.75, 3.05) is 12.4 Å². The lowest BCUT2D eigenvalue weighted by Gasteiger charge is -2.13. The number of aliphatic hydroxyl groups excluding tert-OH is 1. The van der Waals surface area contributed by atoms with E-state index in [1.807, 2.05) is 11.5 Å². The number of nitrogens with one attached hydrogen (secondary N) is 1. The molecule has 0 saturated carbocycles. The molecule has 1 aliphatic rings. The Labute approximate surface area is 225 Å². The Kier molecular flexibility index (Phi) is 7.23. The molecule has 0 radical (unpaired) electrons. The minimum atomic E-state index is -1.05. The summed E-state index contributed by atoms with van der Waals surface area (Å²) in [6.45, 7) is 3.63. The number of hydrogen-bond donors (Lipinski definition) is 2. The average Bonchev–Trinajstić information content (AvgIpc) is 3.44. The summed E-state index contributed by atoms with van der Waals surface area (Å²) in [5, 5.41) is 22.1. The van der Waals surface area contributed by atoms with E-state index in [-0.39, 0.29) is 13.0 Å². The highest BCUT2D eigenvalue weighted by Gasteiger charge is 2.33. The molecular weight excluding hydrogens is 531 g/mol. The number of fused-ring (bicyclic) bond motifs is 3. The first-order valence-corrected chi connectivity index (χ1v) is 12.9. The first-order chi connectivity index (χ1) is 18.7. The van der Waals surface area contributed by atoms with E-state index >= 15 is 0 Å². The molecule has 0 fully saturated rings. The lowest BCUT2D eigenvalue weighted by atomic mass is 9.97. The summed E-state index contributed by atoms with van der Waals surface area (Å²) in [6.07, 6.45) is 0.547. The molecule has 1 aliphatic heterocycles. The van der Waals surface area contributed by atoms with Gasteiger partial charge < -0.3 is 15.2 Å². The van der Waals surface area contributed by atoms with Crippen LogP contribution in [0.25, 0.3) is 5.00 Å². The van der Waals surface area contributed by atoms with Gasteiger partial charge in [0, 0.05) is 33.8 Å². The van der Waals surface area contributed by atoms with Crippen molar-refractivity contribution in [2.45, 2.75) is 39.3 Å². The van der Waals surface area contributed by atoms with Crippen LogP contribution < -0.4 is 5.32 Å². The molecule has 5 rings (SSSR count). The number of esters is 1. The van der Waals surface area contributed by atoms with Gasteiger partial charge in [0.25, 0.3) is 0 Å². The van der Waals surface area contributed by atoms with Crippen molar-refractivity contribution >= 4 is 34.4 Å². The summed E-state index contributed by atoms with van der Waals surface area (Å²) in [5.74, 6) is -2.50. The summed E-state index contributed by atoms with van der Waals surface area (Å²) in [7, 11) is 1.30. The molecule has 0 amide bonds. The number of methoxy groups -OCH3 is 1. The Morgan fingerprint density at radius 3 is 2.46 bits per heavy atom. The summed E-state index contributed by atoms with van der Waals surface area (Å²) < 4.78 is 48.4. The summed E-state index contributed by atoms with van der Waals surface area (Å²) in [4.78, 5) is 18.1. The number of aliphatic imine (C=N–C) groups is 1. The molecule has 12 heteroatoms. The van der Waals surface area contributed by atoms with Crippen LogP contribution in [-0.2, 0) is 22.6 Å². The third-order valence-corrected chi connectivity index (χ3v) is 7.67. The predicted octanol–water partition coefficient (Wildman–Crippen LogP) is 5.31. The van der Waals surface area contributed by atoms with Crippen LogP contribution >= 0.6 is 11.3 Å². The average molecular weight is 556 g/mol. The third-order valence-electron chi connectivity index (χ3n) is 6.46. The normalized spacial score (nSPS) is 14.3. The molecule has 39 heavy (non-hydrogen) atoms. The zero-order chi connectivity index (χ0) is 27.8. The molecule has 0 spiro atoms. The number of aliphatic hydroxyl groups is 1. The van der Waals surface area contributed by atoms with E-state index in [9.17, 15) is 23.1 Å². The number of hydrogen-bond acceptors (Lipinski definition) is 8. The molecule has 0 saturated heterocycles. The fourth-order valence-corrected chi connectivity index (χ4v) is 5.95. The molecule has 1 unspecified atom stereocenters. The van der Waals surface area contributed by atoms with E-state index in [0.717, 1.165) is 21.0 Å². The first-order valence-electron chi connectivity index (χ1n) is 12.1. The van der Waals surface area contributed by atoms with E-state index in [2.05, 4.69) is 15.5 Å². The van der Waals surface area contributed by atoms with Crippen LogP contribution in [0.2, 0.25) is 0 Å². The molecule has 202 valence electrons. The molecular formula is C27H24F3N5O3S. The van der Waals surface area contributed by atoms with Gasteiger partial charge in [-0.15, -0.1) is 21.5 Å². The fourth-order valence-electron chi connectivity index (χ4n) is 4.64. The van der Waals surface area contributed by atoms with Crippen molar-refractivity contribution in [3.8, 4) is 5.00 Å². The van der Waals surface area contributed by atoms with Gasteiger partial charge in [0.1, 0.15) is 28.4 Å². The minimum Gasteiger partial charge on any atom is -0.469 e. The Morgan fingerprint density at radius 2 is 1.85 bits per heavy atom. The number of carbonyl (C=O) groups excluding carboxylic acids is 1. The van der Waals surface area contributed by atoms with Crippen LogP contribution in [0.3, 0.4) is 0 Å². The molecule has 2 aromatic heterocycles. The van der Waals surface area contributed by atoms with Crippen LogP contribution in [0.15, 0.2) is 41.4 Å². The highest BCUT2D eigenvalue weighted by molar-refractivity contribution is 7.15. The van der Waals surface area contributed by atoms with Crippen LogP contribution in [0.5, 0.6) is 0 Å². The molecule has 4 aromatic rings. The lowest BCUT2D eigenvalue weighted by molar-refractivity contribution is -0.141. The van der Waals surface area contributed by atoms with Gasteiger partial charge in [0.05, 0.1) is 25.8 Å². The Hall–Kier alpha value is -4.03. The number of ether oxygens (including phenoxy) is 1. The predicted molar refractivity (Wildman–Crippen MR) is 140 cm³/mol. The number of anilines is 2. The van der Waals surface area contributed by atoms with Crippen LogP contribution in [-0.4, -0.2) is 38.7 Å². The van der Waals surface area contributed by atoms with Gasteiger partial charge in [-0.1, -0.05) is 19.1 Å². The second kappa shape index (κ2) is 10.6. The van der Waals surface area contributed by atoms with Crippen molar-refractivity contribution < 1.29 is 27.8 Å². The van der Waals surface area contributed by atoms with Gasteiger partial charge in [-0.2, -0.15) is 0 Å². The van der Waals surface area contributed by atoms with E-state index in [1.54, 1.807) is 31.2 Å². The van der Waals surface area contributed by atoms with E-state index in [4.69, 9.17) is 9.73 Å². The van der Waals surface area contributed by atoms with Crippen LogP contribution in [0.4, 0.5) is 24.5 Å². The van der Waals surface area contributed by atoms with Gasteiger partial charge in [-0.05, 0) is 31.0 Å². The van der Waals surface area contributed by atoms with Gasteiger partial charge >= 0.3 is 5.97 Å². The molecule has 0 aliphatic carbocycles. The number of thiophene rings is 1. The minimum absolute atomic E-state index is 0.0653. The number of nitrogens with zero attached hydrogens (tertiary/aromatic N) is 4. The number of carbonyl (C=O) groups is 1. The second-order valence-electron chi connectivity index (χ2n) is 8.86. The maximum absolute atomic E-state index is 14.2. The van der Waals surface area contributed by atoms with Gasteiger partial charge in [0.15, 0.2) is 17.5 Å². The van der Waals surface area contributed by atoms with Crippen molar-refractivity contribution in [3.05, 3.63) is 87.1 Å². The van der Waals surface area contributed by atoms with Gasteiger partial charge in [-0.3, -0.25) is 14.4 Å². The zero-order valence-electron chi connectivity index (χ0n) is 21.3. The molecule has 8 nitrogen and oxygen atoms in total. The SMILES string of the molecule is CCc1c(CO)sc2c1C(c1ccc(Nc3c(F)cc(F)cc3F)cc1)=NC(CC(=O)OC)c1nnc(C)n1-2. The number of rotatable bonds is 7. The number of benzene rings is 2. The highest BCUT2D eigenvalue weighted by Crippen LogP contribution is 2.40. The molecule has 0 bridgehead atoms. The third kappa shape index (κ3) is 4.81. The van der Waals surface area contributed by atoms with Crippen molar-refractivity contribution in [2.24, 2.45) is 4.99 Å². The summed E-state index contributed by atoms with van der Waals surface area (Å²) in [5.41, 5.74) is 2.84. The highest BCUT2D eigenvalue weighted by atomic mass is 32.1. The van der Waals surface area contributed by atoms with Crippen LogP contribution in [0.1, 0.15) is 52.6 Å². The molecule has 1 atom stereocenters. The maximum Gasteiger partial charge on any atom is 0.308 e. The van der Waals surface area contributed by atoms with Gasteiger partial charge in [-0.25, -0.2) is 13.2 Å². The Balaban J connectivity index is 1.64. The van der Waals surface area contributed by atoms with Gasteiger partial charge in [0.2, 0.25) is 0 Å². The fraction of sp³-hybridized carbons (Fsp3) is 0.259. The van der Waals surface area contributed by atoms with E-state index in [1.165, 1.54) is 18.4 Å². The van der Waals surface area contributed by atoms with Crippen molar-refractivity contribution in [3.63, 3.8) is 0 Å². The quantitative estimate of drug-likeness (QED) is 0.300. The topological polar surface area (TPSA) is 102 Å². The lowest BCUT2D eigenvalue weighted by Crippen LogP contribution is -2.12. The number of aryl methyl sites for hydroxylation is 1. The van der Waals surface area contributed by atoms with Crippen molar-refractivity contribution in [1.29, 1.82) is 0 Å². The van der Waals surface area contributed by atoms with E-state index < -0.39 is 35.2 Å². The van der Waals surface area contributed by atoms with E-state index in [0.29, 0.717) is 47.2 Å². The molecule has 2 N–H and O–H groups in total. The maximum atomic E-state index is 14.2. The second-order valence-corrected chi connectivity index (χ2v) is 9.94. The largest absolute Gasteiger partial charge is 0.469 e. The standard InChI is InChI=1S/C27H24F3N5O3S/c1-4-17-21(12-36)39-27-23(17)24(32-20(11-22(37)38-3)26-34-33-13(2)35(26)27)14-5-7-16(8-6-14)31-25-18(29)9-15(28)10-19(25)30/h5-10,20,31,36H,4,11-12H2,1-3H3. The number of aromatic nitrogens is 3. The smallest absolute Gasteiger partial charge is 0.308 e. The summed E-state index contributed by atoms with van der Waals surface area (Å²) >= 11 is 1.41. The Bertz CT molecular complexity index is 1570. The van der Waals surface area contributed by atoms with Crippen molar-refractivity contribution in [1.82, 2.24) is 14.8 Å². The molecule has 2 aromatic carbocycles. The number of halogens is 3.